The van der Waals surface area contributed by atoms with E-state index in [0.29, 0.717) is 5.56 Å². The van der Waals surface area contributed by atoms with E-state index in [9.17, 15) is 28.9 Å². The number of carboxylic acids is 1. The molecule has 0 aliphatic carbocycles. The monoisotopic (exact) mass is 613 g/mol. The molecule has 1 aromatic carbocycles. The van der Waals surface area contributed by atoms with E-state index in [0.717, 1.165) is 16.7 Å². The van der Waals surface area contributed by atoms with Gasteiger partial charge in [0.15, 0.2) is 0 Å². The maximum Gasteiger partial charge on any atom is 1.00 e. The number of hydrogen-bond donors (Lipinski definition) is 3. The Kier molecular flexibility index (Phi) is 13.2. The zero-order chi connectivity index (χ0) is 26.7. The summed E-state index contributed by atoms with van der Waals surface area (Å²) in [4.78, 5) is 51.4. The van der Waals surface area contributed by atoms with Gasteiger partial charge in [-0.05, 0) is 28.5 Å². The maximum atomic E-state index is 13.0. The third-order valence-electron chi connectivity index (χ3n) is 5.61. The number of hydrogen-bond acceptors (Lipinski definition) is 13. The van der Waals surface area contributed by atoms with E-state index in [1.165, 1.54) is 18.7 Å². The second-order valence-electron chi connectivity index (χ2n) is 7.97. The molecule has 1 saturated heterocycles. The fourth-order valence-electron chi connectivity index (χ4n) is 3.94. The van der Waals surface area contributed by atoms with Gasteiger partial charge in [0.25, 0.3) is 5.91 Å². The smallest absolute Gasteiger partial charge is 0.778 e. The summed E-state index contributed by atoms with van der Waals surface area (Å²) in [6.45, 7) is 1.42. The molecule has 0 radical (unpaired) electrons. The topological polar surface area (TPSA) is 219 Å². The fourth-order valence-corrected chi connectivity index (χ4v) is 8.22. The molecule has 0 bridgehead atoms. The van der Waals surface area contributed by atoms with Crippen molar-refractivity contribution in [2.75, 3.05) is 18.5 Å². The molecule has 0 saturated carbocycles. The number of thioether (sulfide) groups is 2. The van der Waals surface area contributed by atoms with Gasteiger partial charge in [-0.3, -0.25) is 14.5 Å². The van der Waals surface area contributed by atoms with Crippen LogP contribution in [0.4, 0.5) is 0 Å². The van der Waals surface area contributed by atoms with E-state index in [2.05, 4.69) is 25.9 Å². The molecular weight excluding hydrogens is 591 g/mol. The molecule has 4 rings (SSSR count). The van der Waals surface area contributed by atoms with Gasteiger partial charge in [-0.1, -0.05) is 42.1 Å². The number of rotatable bonds is 11. The molecule has 4 N–H and O–H groups in total. The van der Waals surface area contributed by atoms with Crippen molar-refractivity contribution in [3.63, 3.8) is 0 Å². The Bertz CT molecular complexity index is 1260. The van der Waals surface area contributed by atoms with Gasteiger partial charge in [-0.25, -0.2) is 5.10 Å². The summed E-state index contributed by atoms with van der Waals surface area (Å²) in [7, 11) is -4.38. The quantitative estimate of drug-likeness (QED) is 0.0929. The Hall–Kier alpha value is -0.750. The summed E-state index contributed by atoms with van der Waals surface area (Å²) >= 11 is 2.06. The number of aliphatic carboxylic acids is 1. The Morgan fingerprint density at radius 2 is 2.05 bits per heavy atom. The number of H-pyrrole nitrogens is 1. The van der Waals surface area contributed by atoms with E-state index in [1.54, 1.807) is 30.3 Å². The molecule has 1 fully saturated rings. The van der Waals surface area contributed by atoms with E-state index in [4.69, 9.17) is 10.3 Å². The summed E-state index contributed by atoms with van der Waals surface area (Å²) in [5.41, 5.74) is 6.25. The SMILES string of the molecule is CCOP(=O)([O-])CC(Sc1nnn[nH]1)C1=C(C(=O)[O-])N2C(=O)[C@@H](NC(=O)C(N)c3ccccc3)[C@@H]2SC1.[Na+].[Na+]. The van der Waals surface area contributed by atoms with Crippen LogP contribution in [0, 0.1) is 0 Å². The second kappa shape index (κ2) is 14.9. The van der Waals surface area contributed by atoms with Gasteiger partial charge in [0.1, 0.15) is 25.1 Å². The van der Waals surface area contributed by atoms with Gasteiger partial charge in [-0.15, -0.1) is 16.9 Å². The Morgan fingerprint density at radius 1 is 1.36 bits per heavy atom. The Labute approximate surface area is 276 Å². The van der Waals surface area contributed by atoms with Crippen LogP contribution in [0.25, 0.3) is 0 Å². The molecule has 19 heteroatoms. The molecule has 3 unspecified atom stereocenters. The number of β-lactam (4-membered cyclic amide) rings is 1. The molecule has 14 nitrogen and oxygen atoms in total. The number of aromatic nitrogens is 4. The summed E-state index contributed by atoms with van der Waals surface area (Å²) in [5, 5.41) is 26.3. The molecule has 2 aliphatic rings. The van der Waals surface area contributed by atoms with E-state index >= 15 is 0 Å². The molecule has 0 spiro atoms. The Balaban J connectivity index is 0.00000267. The number of carboxylic acid groups (broad SMARTS) is 1. The minimum absolute atomic E-state index is 0. The first kappa shape index (κ1) is 34.5. The molecule has 39 heavy (non-hydrogen) atoms. The molecule has 5 atom stereocenters. The van der Waals surface area contributed by atoms with Gasteiger partial charge in [-0.2, -0.15) is 0 Å². The number of nitrogens with two attached hydrogens (primary N) is 1. The van der Waals surface area contributed by atoms with Crippen LogP contribution < -0.4 is 80.2 Å². The zero-order valence-corrected chi connectivity index (χ0v) is 27.8. The van der Waals surface area contributed by atoms with Crippen molar-refractivity contribution in [1.82, 2.24) is 30.8 Å². The van der Waals surface area contributed by atoms with Crippen molar-refractivity contribution in [2.24, 2.45) is 5.73 Å². The van der Waals surface area contributed by atoms with Crippen LogP contribution in [0.2, 0.25) is 0 Å². The number of nitrogens with zero attached hydrogens (tertiary/aromatic N) is 4. The van der Waals surface area contributed by atoms with Gasteiger partial charge >= 0.3 is 59.1 Å². The van der Waals surface area contributed by atoms with Crippen molar-refractivity contribution in [2.45, 2.75) is 34.8 Å². The van der Waals surface area contributed by atoms with Crippen LogP contribution in [-0.2, 0) is 23.5 Å². The first-order valence-corrected chi connectivity index (χ1v) is 14.6. The fraction of sp³-hybridized carbons (Fsp3) is 0.400. The molecule has 2 aliphatic heterocycles. The zero-order valence-electron chi connectivity index (χ0n) is 21.3. The Morgan fingerprint density at radius 3 is 2.64 bits per heavy atom. The molecule has 2 amide bonds. The minimum atomic E-state index is -4.38. The maximum absolute atomic E-state index is 13.0. The predicted molar refractivity (Wildman–Crippen MR) is 128 cm³/mol. The van der Waals surface area contributed by atoms with Crippen molar-refractivity contribution in [1.29, 1.82) is 0 Å². The van der Waals surface area contributed by atoms with Gasteiger partial charge < -0.3 is 34.9 Å². The summed E-state index contributed by atoms with van der Waals surface area (Å²) < 4.78 is 17.3. The van der Waals surface area contributed by atoms with Crippen LogP contribution in [-0.4, -0.2) is 78.5 Å². The molecule has 2 aromatic rings. The van der Waals surface area contributed by atoms with Crippen molar-refractivity contribution in [3.05, 3.63) is 47.2 Å². The number of carbonyl (C=O) groups excluding carboxylic acids is 3. The summed E-state index contributed by atoms with van der Waals surface area (Å²) in [6.07, 6.45) is -0.572. The number of aromatic amines is 1. The molecule has 3 heterocycles. The average Bonchev–Trinajstić information content (AvgIpc) is 3.38. The number of tetrazole rings is 1. The van der Waals surface area contributed by atoms with Crippen LogP contribution in [0.15, 0.2) is 46.8 Å². The predicted octanol–water partition coefficient (Wildman–Crippen LogP) is -7.64. The van der Waals surface area contributed by atoms with Gasteiger partial charge in [0, 0.05) is 17.2 Å². The van der Waals surface area contributed by atoms with E-state index < -0.39 is 59.9 Å². The van der Waals surface area contributed by atoms with Crippen molar-refractivity contribution >= 4 is 48.9 Å². The number of amides is 2. The first-order chi connectivity index (χ1) is 17.6. The van der Waals surface area contributed by atoms with Crippen molar-refractivity contribution in [3.8, 4) is 0 Å². The molecule has 198 valence electrons. The number of fused-ring (bicyclic) bond motifs is 1. The third-order valence-corrected chi connectivity index (χ3v) is 9.76. The standard InChI is InChI=1S/C20H24N7O7PS2.2Na/c1-2-34-35(32,33)8-12(37-20-23-25-26-24-20)11-9-36-18-14(17(29)27(18)15(11)19(30)31)22-16(28)13(21)10-6-4-3-5-7-10;;/h3-7,12-14,18H,2,8-9,21H2,1H3,(H,22,28)(H,30,31)(H,32,33)(H,23,24,25,26);;/q;2*+1/p-2/t12?,13?,14-,18+;;/m1../s1. The van der Waals surface area contributed by atoms with Crippen LogP contribution in [0.1, 0.15) is 18.5 Å². The average molecular weight is 614 g/mol. The summed E-state index contributed by atoms with van der Waals surface area (Å²) in [5.74, 6) is -2.88. The van der Waals surface area contributed by atoms with Gasteiger partial charge in [0.2, 0.25) is 11.1 Å². The van der Waals surface area contributed by atoms with E-state index in [1.807, 2.05) is 0 Å². The third kappa shape index (κ3) is 7.96. The van der Waals surface area contributed by atoms with Crippen LogP contribution >= 0.6 is 31.1 Å². The van der Waals surface area contributed by atoms with E-state index in [-0.39, 0.29) is 82.2 Å². The largest absolute Gasteiger partial charge is 1.00 e. The second-order valence-corrected chi connectivity index (χ2v) is 12.1. The summed E-state index contributed by atoms with van der Waals surface area (Å²) in [6, 6.07) is 6.54. The van der Waals surface area contributed by atoms with Crippen LogP contribution in [0.3, 0.4) is 0 Å². The molecule has 1 aromatic heterocycles. The number of nitrogens with one attached hydrogen (secondary N) is 2. The molecular formula is C20H22N7Na2O7PS2. The van der Waals surface area contributed by atoms with Gasteiger partial charge in [0.05, 0.1) is 18.3 Å². The number of benzene rings is 1. The minimum Gasteiger partial charge on any atom is -0.778 e. The normalized spacial score (nSPS) is 21.3. The van der Waals surface area contributed by atoms with Crippen molar-refractivity contribution < 1.29 is 92.6 Å². The number of carbonyl (C=O) groups is 3. The first-order valence-electron chi connectivity index (χ1n) is 11.0. The van der Waals surface area contributed by atoms with Crippen LogP contribution in [0.5, 0.6) is 0 Å².